The Morgan fingerprint density at radius 3 is 2.61 bits per heavy atom. The molecule has 0 aromatic heterocycles. The lowest BCUT2D eigenvalue weighted by molar-refractivity contribution is -0.384. The molecule has 1 unspecified atom stereocenters. The maximum Gasteiger partial charge on any atom is 0.271 e. The number of hydrogen-bond acceptors (Lipinski definition) is 5. The normalized spacial score (nSPS) is 15.8. The number of hydrogen-bond donors (Lipinski definition) is 1. The third-order valence-corrected chi connectivity index (χ3v) is 4.45. The summed E-state index contributed by atoms with van der Waals surface area (Å²) >= 11 is 0. The Labute approximate surface area is 162 Å². The Balaban J connectivity index is 1.82. The molecular weight excluding hydrogens is 362 g/mol. The molecule has 1 aliphatic rings. The van der Waals surface area contributed by atoms with E-state index in [0.717, 1.165) is 5.56 Å². The van der Waals surface area contributed by atoms with Gasteiger partial charge in [-0.25, -0.2) is 0 Å². The number of nitro groups is 1. The molecule has 146 valence electrons. The summed E-state index contributed by atoms with van der Waals surface area (Å²) in [5.41, 5.74) is 0.985. The second kappa shape index (κ2) is 8.08. The molecule has 0 radical (unpaired) electrons. The fraction of sp³-hybridized carbons (Fsp3) is 0.300. The second-order valence-corrected chi connectivity index (χ2v) is 6.88. The molecule has 2 aromatic rings. The van der Waals surface area contributed by atoms with Crippen molar-refractivity contribution in [2.75, 3.05) is 11.4 Å². The number of ether oxygens (including phenoxy) is 1. The van der Waals surface area contributed by atoms with Crippen molar-refractivity contribution < 1.29 is 19.2 Å². The van der Waals surface area contributed by atoms with Crippen molar-refractivity contribution >= 4 is 23.2 Å². The lowest BCUT2D eigenvalue weighted by Crippen LogP contribution is -2.51. The summed E-state index contributed by atoms with van der Waals surface area (Å²) < 4.78 is 5.74. The van der Waals surface area contributed by atoms with Crippen LogP contribution in [0.5, 0.6) is 5.75 Å². The maximum absolute atomic E-state index is 12.9. The van der Waals surface area contributed by atoms with Crippen molar-refractivity contribution in [3.05, 3.63) is 64.2 Å². The molecular formula is C20H21N3O5. The minimum atomic E-state index is -0.754. The van der Waals surface area contributed by atoms with Crippen molar-refractivity contribution in [1.82, 2.24) is 5.32 Å². The van der Waals surface area contributed by atoms with Gasteiger partial charge in [0.15, 0.2) is 6.10 Å². The van der Waals surface area contributed by atoms with Gasteiger partial charge in [-0.05, 0) is 17.5 Å². The predicted molar refractivity (Wildman–Crippen MR) is 103 cm³/mol. The van der Waals surface area contributed by atoms with Crippen LogP contribution in [-0.4, -0.2) is 29.4 Å². The molecule has 28 heavy (non-hydrogen) atoms. The molecule has 1 heterocycles. The first-order chi connectivity index (χ1) is 13.4. The molecule has 1 aliphatic heterocycles. The number of amides is 2. The van der Waals surface area contributed by atoms with Crippen molar-refractivity contribution in [1.29, 1.82) is 0 Å². The monoisotopic (exact) mass is 383 g/mol. The summed E-state index contributed by atoms with van der Waals surface area (Å²) in [5.74, 6) is -0.526. The van der Waals surface area contributed by atoms with Crippen LogP contribution < -0.4 is 15.0 Å². The number of non-ortho nitro benzene ring substituents is 1. The van der Waals surface area contributed by atoms with Gasteiger partial charge in [-0.1, -0.05) is 44.2 Å². The summed E-state index contributed by atoms with van der Waals surface area (Å²) in [6.45, 7) is 3.76. The van der Waals surface area contributed by atoms with Crippen LogP contribution in [0.2, 0.25) is 0 Å². The van der Waals surface area contributed by atoms with Gasteiger partial charge in [-0.15, -0.1) is 0 Å². The fourth-order valence-electron chi connectivity index (χ4n) is 2.97. The standard InChI is InChI=1S/C20H21N3O5/c1-13(2)19-20(25)22(12-18(24)21-11-14-6-4-3-5-7-14)16-10-15(23(26)27)8-9-17(16)28-19/h3-10,13,19H,11-12H2,1-2H3,(H,21,24). The number of anilines is 1. The molecule has 2 amide bonds. The second-order valence-electron chi connectivity index (χ2n) is 6.88. The Morgan fingerprint density at radius 2 is 1.96 bits per heavy atom. The summed E-state index contributed by atoms with van der Waals surface area (Å²) in [5, 5.41) is 13.9. The molecule has 0 saturated heterocycles. The van der Waals surface area contributed by atoms with E-state index in [1.54, 1.807) is 0 Å². The van der Waals surface area contributed by atoms with Crippen LogP contribution in [0.25, 0.3) is 0 Å². The average molecular weight is 383 g/mol. The van der Waals surface area contributed by atoms with Crippen LogP contribution in [0.4, 0.5) is 11.4 Å². The predicted octanol–water partition coefficient (Wildman–Crippen LogP) is 2.66. The fourth-order valence-corrected chi connectivity index (χ4v) is 2.97. The first kappa shape index (κ1) is 19.3. The summed E-state index contributed by atoms with van der Waals surface area (Å²) in [6, 6.07) is 13.4. The van der Waals surface area contributed by atoms with Crippen molar-refractivity contribution in [2.45, 2.75) is 26.5 Å². The van der Waals surface area contributed by atoms with E-state index in [2.05, 4.69) is 5.32 Å². The SMILES string of the molecule is CC(C)C1Oc2ccc([N+](=O)[O-])cc2N(CC(=O)NCc2ccccc2)C1=O. The van der Waals surface area contributed by atoms with Gasteiger partial charge in [0, 0.05) is 18.7 Å². The highest BCUT2D eigenvalue weighted by atomic mass is 16.6. The van der Waals surface area contributed by atoms with E-state index in [1.807, 2.05) is 44.2 Å². The number of benzene rings is 2. The summed E-state index contributed by atoms with van der Waals surface area (Å²) in [4.78, 5) is 37.2. The number of nitrogens with zero attached hydrogens (tertiary/aromatic N) is 2. The van der Waals surface area contributed by atoms with Crippen molar-refractivity contribution in [2.24, 2.45) is 5.92 Å². The van der Waals surface area contributed by atoms with E-state index in [-0.39, 0.29) is 29.7 Å². The van der Waals surface area contributed by atoms with Gasteiger partial charge in [0.1, 0.15) is 12.3 Å². The maximum atomic E-state index is 12.9. The smallest absolute Gasteiger partial charge is 0.271 e. The number of carbonyl (C=O) groups is 2. The van der Waals surface area contributed by atoms with E-state index in [9.17, 15) is 19.7 Å². The zero-order valence-electron chi connectivity index (χ0n) is 15.6. The van der Waals surface area contributed by atoms with Crippen LogP contribution in [0.1, 0.15) is 19.4 Å². The van der Waals surface area contributed by atoms with E-state index in [0.29, 0.717) is 12.3 Å². The number of fused-ring (bicyclic) bond motifs is 1. The molecule has 2 aromatic carbocycles. The van der Waals surface area contributed by atoms with Gasteiger partial charge in [-0.3, -0.25) is 24.6 Å². The van der Waals surface area contributed by atoms with E-state index >= 15 is 0 Å². The third-order valence-electron chi connectivity index (χ3n) is 4.45. The topological polar surface area (TPSA) is 102 Å². The highest BCUT2D eigenvalue weighted by molar-refractivity contribution is 6.04. The van der Waals surface area contributed by atoms with Crippen LogP contribution in [0, 0.1) is 16.0 Å². The van der Waals surface area contributed by atoms with Gasteiger partial charge in [0.25, 0.3) is 11.6 Å². The quantitative estimate of drug-likeness (QED) is 0.610. The molecule has 0 spiro atoms. The molecule has 3 rings (SSSR count). The number of nitro benzene ring substituents is 1. The molecule has 0 saturated carbocycles. The van der Waals surface area contributed by atoms with Gasteiger partial charge in [0.05, 0.1) is 10.6 Å². The van der Waals surface area contributed by atoms with Crippen LogP contribution in [0.3, 0.4) is 0 Å². The van der Waals surface area contributed by atoms with E-state index < -0.39 is 16.9 Å². The van der Waals surface area contributed by atoms with Crippen LogP contribution in [0.15, 0.2) is 48.5 Å². The van der Waals surface area contributed by atoms with E-state index in [1.165, 1.54) is 23.1 Å². The highest BCUT2D eigenvalue weighted by Gasteiger charge is 2.38. The van der Waals surface area contributed by atoms with Crippen LogP contribution >= 0.6 is 0 Å². The highest BCUT2D eigenvalue weighted by Crippen LogP contribution is 2.38. The number of carbonyl (C=O) groups excluding carboxylic acids is 2. The minimum Gasteiger partial charge on any atom is -0.478 e. The third kappa shape index (κ3) is 4.11. The Hall–Kier alpha value is -3.42. The van der Waals surface area contributed by atoms with Gasteiger partial charge in [-0.2, -0.15) is 0 Å². The molecule has 0 fully saturated rings. The van der Waals surface area contributed by atoms with Crippen molar-refractivity contribution in [3.63, 3.8) is 0 Å². The molecule has 1 N–H and O–H groups in total. The van der Waals surface area contributed by atoms with Gasteiger partial charge in [0.2, 0.25) is 5.91 Å². The largest absolute Gasteiger partial charge is 0.478 e. The van der Waals surface area contributed by atoms with Gasteiger partial charge >= 0.3 is 0 Å². The Morgan fingerprint density at radius 1 is 1.25 bits per heavy atom. The number of nitrogens with one attached hydrogen (secondary N) is 1. The average Bonchev–Trinajstić information content (AvgIpc) is 2.68. The zero-order valence-corrected chi connectivity index (χ0v) is 15.6. The Bertz CT molecular complexity index is 898. The Kier molecular flexibility index (Phi) is 5.58. The summed E-state index contributed by atoms with van der Waals surface area (Å²) in [7, 11) is 0. The molecule has 0 bridgehead atoms. The molecule has 8 heteroatoms. The van der Waals surface area contributed by atoms with Crippen molar-refractivity contribution in [3.8, 4) is 5.75 Å². The first-order valence-corrected chi connectivity index (χ1v) is 8.94. The number of rotatable bonds is 6. The minimum absolute atomic E-state index is 0.120. The first-order valence-electron chi connectivity index (χ1n) is 8.94. The van der Waals surface area contributed by atoms with Crippen LogP contribution in [-0.2, 0) is 16.1 Å². The molecule has 0 aliphatic carbocycles. The summed E-state index contributed by atoms with van der Waals surface area (Å²) in [6.07, 6.45) is -0.754. The van der Waals surface area contributed by atoms with E-state index in [4.69, 9.17) is 4.74 Å². The lowest BCUT2D eigenvalue weighted by atomic mass is 10.0. The zero-order chi connectivity index (χ0) is 20.3. The molecule has 8 nitrogen and oxygen atoms in total. The molecule has 1 atom stereocenters. The van der Waals surface area contributed by atoms with Gasteiger partial charge < -0.3 is 10.1 Å². The lowest BCUT2D eigenvalue weighted by Gasteiger charge is -2.35.